The van der Waals surface area contributed by atoms with Crippen molar-refractivity contribution in [3.8, 4) is 0 Å². The molecule has 0 spiro atoms. The fraction of sp³-hybridized carbons (Fsp3) is 1.00. The molecule has 0 aromatic heterocycles. The van der Waals surface area contributed by atoms with Crippen molar-refractivity contribution in [1.29, 1.82) is 0 Å². The van der Waals surface area contributed by atoms with Crippen LogP contribution in [-0.2, 0) is 0 Å². The van der Waals surface area contributed by atoms with Gasteiger partial charge in [-0.15, -0.1) is 0 Å². The van der Waals surface area contributed by atoms with Crippen molar-refractivity contribution in [1.82, 2.24) is 5.32 Å². The molecular formula is C13H25NOS. The van der Waals surface area contributed by atoms with Gasteiger partial charge in [-0.1, -0.05) is 6.92 Å². The summed E-state index contributed by atoms with van der Waals surface area (Å²) in [4.78, 5) is 0. The molecule has 1 aliphatic carbocycles. The molecule has 1 saturated heterocycles. The van der Waals surface area contributed by atoms with E-state index < -0.39 is 0 Å². The molecule has 0 radical (unpaired) electrons. The van der Waals surface area contributed by atoms with Gasteiger partial charge in [-0.2, -0.15) is 11.8 Å². The van der Waals surface area contributed by atoms with Crippen molar-refractivity contribution in [2.24, 2.45) is 5.92 Å². The average molecular weight is 243 g/mol. The van der Waals surface area contributed by atoms with Gasteiger partial charge in [0, 0.05) is 11.3 Å². The summed E-state index contributed by atoms with van der Waals surface area (Å²) < 4.78 is 0. The van der Waals surface area contributed by atoms with Crippen molar-refractivity contribution in [3.05, 3.63) is 0 Å². The minimum absolute atomic E-state index is 0.0135. The van der Waals surface area contributed by atoms with Gasteiger partial charge in [0.1, 0.15) is 0 Å². The highest BCUT2D eigenvalue weighted by Gasteiger charge is 2.24. The van der Waals surface area contributed by atoms with Crippen LogP contribution in [0.4, 0.5) is 0 Å². The Morgan fingerprint density at radius 3 is 2.62 bits per heavy atom. The Kier molecular flexibility index (Phi) is 4.98. The third-order valence-electron chi connectivity index (χ3n) is 4.09. The molecule has 0 bridgehead atoms. The van der Waals surface area contributed by atoms with Crippen LogP contribution in [0, 0.1) is 5.92 Å². The van der Waals surface area contributed by atoms with Gasteiger partial charge in [0.15, 0.2) is 0 Å². The molecule has 2 N–H and O–H groups in total. The maximum atomic E-state index is 9.46. The molecule has 2 unspecified atom stereocenters. The third kappa shape index (κ3) is 3.64. The van der Waals surface area contributed by atoms with Gasteiger partial charge in [0.2, 0.25) is 0 Å². The summed E-state index contributed by atoms with van der Waals surface area (Å²) in [6.07, 6.45) is 7.16. The molecular weight excluding hydrogens is 218 g/mol. The van der Waals surface area contributed by atoms with E-state index >= 15 is 0 Å². The zero-order valence-corrected chi connectivity index (χ0v) is 11.1. The summed E-state index contributed by atoms with van der Waals surface area (Å²) in [5, 5.41) is 14.0. The molecule has 3 heteroatoms. The van der Waals surface area contributed by atoms with Crippen LogP contribution < -0.4 is 5.32 Å². The molecule has 1 saturated carbocycles. The van der Waals surface area contributed by atoms with Crippen molar-refractivity contribution in [3.63, 3.8) is 0 Å². The third-order valence-corrected chi connectivity index (χ3v) is 5.47. The number of hydrogen-bond donors (Lipinski definition) is 2. The van der Waals surface area contributed by atoms with Gasteiger partial charge in [0.05, 0.1) is 6.10 Å². The highest BCUT2D eigenvalue weighted by Crippen LogP contribution is 2.27. The van der Waals surface area contributed by atoms with Crippen LogP contribution in [0.3, 0.4) is 0 Å². The standard InChI is InChI=1S/C13H25NOS/c1-10-13(3-2-8-16-10)14-9-11-4-6-12(15)7-5-11/h10-15H,2-9H2,1H3. The van der Waals surface area contributed by atoms with Crippen LogP contribution in [0.2, 0.25) is 0 Å². The van der Waals surface area contributed by atoms with E-state index in [9.17, 15) is 5.11 Å². The van der Waals surface area contributed by atoms with Crippen molar-refractivity contribution in [2.45, 2.75) is 62.8 Å². The maximum Gasteiger partial charge on any atom is 0.0540 e. The lowest BCUT2D eigenvalue weighted by Crippen LogP contribution is -2.42. The molecule has 0 aromatic carbocycles. The van der Waals surface area contributed by atoms with Crippen LogP contribution in [0.5, 0.6) is 0 Å². The van der Waals surface area contributed by atoms with Crippen LogP contribution in [0.25, 0.3) is 0 Å². The number of thioether (sulfide) groups is 1. The number of aliphatic hydroxyl groups is 1. The van der Waals surface area contributed by atoms with E-state index in [1.165, 1.54) is 38.0 Å². The predicted molar refractivity (Wildman–Crippen MR) is 70.9 cm³/mol. The van der Waals surface area contributed by atoms with Gasteiger partial charge in [-0.3, -0.25) is 0 Å². The molecule has 2 fully saturated rings. The molecule has 2 aliphatic rings. The summed E-state index contributed by atoms with van der Waals surface area (Å²) >= 11 is 2.11. The van der Waals surface area contributed by atoms with Crippen LogP contribution in [0.15, 0.2) is 0 Å². The van der Waals surface area contributed by atoms with E-state index in [0.29, 0.717) is 0 Å². The van der Waals surface area contributed by atoms with E-state index in [2.05, 4.69) is 24.0 Å². The summed E-state index contributed by atoms with van der Waals surface area (Å²) in [7, 11) is 0. The van der Waals surface area contributed by atoms with Gasteiger partial charge in [-0.25, -0.2) is 0 Å². The van der Waals surface area contributed by atoms with Gasteiger partial charge in [-0.05, 0) is 56.7 Å². The second kappa shape index (κ2) is 6.27. The first-order valence-corrected chi connectivity index (χ1v) is 7.83. The molecule has 2 nitrogen and oxygen atoms in total. The van der Waals surface area contributed by atoms with Gasteiger partial charge in [0.25, 0.3) is 0 Å². The molecule has 1 heterocycles. The fourth-order valence-electron chi connectivity index (χ4n) is 2.86. The number of nitrogens with one attached hydrogen (secondary N) is 1. The summed E-state index contributed by atoms with van der Waals surface area (Å²) in [6, 6.07) is 0.727. The molecule has 94 valence electrons. The number of rotatable bonds is 3. The summed E-state index contributed by atoms with van der Waals surface area (Å²) in [5.41, 5.74) is 0. The lowest BCUT2D eigenvalue weighted by Gasteiger charge is -2.32. The van der Waals surface area contributed by atoms with Crippen LogP contribution >= 0.6 is 11.8 Å². The highest BCUT2D eigenvalue weighted by molar-refractivity contribution is 7.99. The fourth-order valence-corrected chi connectivity index (χ4v) is 4.03. The lowest BCUT2D eigenvalue weighted by atomic mass is 9.87. The Morgan fingerprint density at radius 1 is 1.19 bits per heavy atom. The summed E-state index contributed by atoms with van der Waals surface area (Å²) in [5.74, 6) is 2.15. The van der Waals surface area contributed by atoms with Gasteiger partial charge >= 0.3 is 0 Å². The van der Waals surface area contributed by atoms with E-state index in [0.717, 1.165) is 30.1 Å². The lowest BCUT2D eigenvalue weighted by molar-refractivity contribution is 0.107. The van der Waals surface area contributed by atoms with E-state index in [1.54, 1.807) is 0 Å². The SMILES string of the molecule is CC1SCCCC1NCC1CCC(O)CC1. The molecule has 0 aromatic rings. The monoisotopic (exact) mass is 243 g/mol. The zero-order valence-electron chi connectivity index (χ0n) is 10.3. The van der Waals surface area contributed by atoms with Gasteiger partial charge < -0.3 is 10.4 Å². The minimum Gasteiger partial charge on any atom is -0.393 e. The molecule has 16 heavy (non-hydrogen) atoms. The largest absolute Gasteiger partial charge is 0.393 e. The highest BCUT2D eigenvalue weighted by atomic mass is 32.2. The van der Waals surface area contributed by atoms with Crippen molar-refractivity contribution in [2.75, 3.05) is 12.3 Å². The quantitative estimate of drug-likeness (QED) is 0.798. The Morgan fingerprint density at radius 2 is 1.94 bits per heavy atom. The van der Waals surface area contributed by atoms with Crippen molar-refractivity contribution >= 4 is 11.8 Å². The van der Waals surface area contributed by atoms with E-state index in [-0.39, 0.29) is 6.10 Å². The molecule has 2 rings (SSSR count). The van der Waals surface area contributed by atoms with Crippen LogP contribution in [-0.4, -0.2) is 34.8 Å². The summed E-state index contributed by atoms with van der Waals surface area (Å²) in [6.45, 7) is 3.52. The second-order valence-corrected chi connectivity index (χ2v) is 6.89. The Balaban J connectivity index is 1.66. The number of hydrogen-bond acceptors (Lipinski definition) is 3. The Labute approximate surface area is 104 Å². The molecule has 0 amide bonds. The molecule has 2 atom stereocenters. The zero-order chi connectivity index (χ0) is 11.4. The predicted octanol–water partition coefficient (Wildman–Crippen LogP) is 2.41. The first-order chi connectivity index (χ1) is 7.75. The van der Waals surface area contributed by atoms with E-state index in [1.807, 2.05) is 0 Å². The maximum absolute atomic E-state index is 9.46. The second-order valence-electron chi connectivity index (χ2n) is 5.41. The number of aliphatic hydroxyl groups excluding tert-OH is 1. The van der Waals surface area contributed by atoms with Crippen molar-refractivity contribution < 1.29 is 5.11 Å². The molecule has 1 aliphatic heterocycles. The normalized spacial score (nSPS) is 40.9. The Bertz CT molecular complexity index is 204. The smallest absolute Gasteiger partial charge is 0.0540 e. The Hall–Kier alpha value is 0.270. The van der Waals surface area contributed by atoms with E-state index in [4.69, 9.17) is 0 Å². The first-order valence-electron chi connectivity index (χ1n) is 6.78. The minimum atomic E-state index is -0.0135. The topological polar surface area (TPSA) is 32.3 Å². The van der Waals surface area contributed by atoms with Crippen LogP contribution in [0.1, 0.15) is 45.4 Å². The average Bonchev–Trinajstić information content (AvgIpc) is 2.30. The first kappa shape index (κ1) is 12.7.